The molecule has 1 heterocycles. The Morgan fingerprint density at radius 2 is 0.939 bits per heavy atom. The quantitative estimate of drug-likeness (QED) is 0.359. The zero-order chi connectivity index (χ0) is 23.1. The number of aromatic nitrogens is 2. The Balaban J connectivity index is 1.36. The number of nitrogens with one attached hydrogen (secondary N) is 2. The van der Waals surface area contributed by atoms with Crippen LogP contribution < -0.4 is 9.44 Å². The van der Waals surface area contributed by atoms with E-state index in [0.717, 1.165) is 32.9 Å². The second kappa shape index (κ2) is 8.10. The van der Waals surface area contributed by atoms with Gasteiger partial charge in [0.2, 0.25) is 10.3 Å². The van der Waals surface area contributed by atoms with E-state index in [0.29, 0.717) is 0 Å². The molecule has 0 aliphatic carbocycles. The number of rotatable bonds is 6. The van der Waals surface area contributed by atoms with E-state index in [1.807, 2.05) is 48.5 Å². The summed E-state index contributed by atoms with van der Waals surface area (Å²) in [4.78, 5) is 0.129. The SMILES string of the molecule is O=S(=O)(Nc1nnc(NS(=O)(=O)c2ccc3ccccc3c2)s1)c1ccc2ccccc2c1. The van der Waals surface area contributed by atoms with Gasteiger partial charge in [-0.15, -0.1) is 10.2 Å². The third-order valence-electron chi connectivity index (χ3n) is 4.93. The maximum atomic E-state index is 12.8. The molecule has 11 heteroatoms. The zero-order valence-corrected chi connectivity index (χ0v) is 19.3. The third kappa shape index (κ3) is 4.38. The largest absolute Gasteiger partial charge is 0.263 e. The molecule has 0 bridgehead atoms. The van der Waals surface area contributed by atoms with E-state index in [1.54, 1.807) is 24.3 Å². The van der Waals surface area contributed by atoms with Crippen molar-refractivity contribution in [2.24, 2.45) is 0 Å². The minimum atomic E-state index is -3.93. The van der Waals surface area contributed by atoms with Crippen LogP contribution in [0.3, 0.4) is 0 Å². The molecular weight excluding hydrogens is 480 g/mol. The first-order valence-electron chi connectivity index (χ1n) is 9.67. The summed E-state index contributed by atoms with van der Waals surface area (Å²) in [6.07, 6.45) is 0. The van der Waals surface area contributed by atoms with E-state index in [4.69, 9.17) is 0 Å². The predicted octanol–water partition coefficient (Wildman–Crippen LogP) is 4.45. The molecule has 5 rings (SSSR count). The van der Waals surface area contributed by atoms with Crippen molar-refractivity contribution in [1.82, 2.24) is 10.2 Å². The van der Waals surface area contributed by atoms with Gasteiger partial charge in [0.1, 0.15) is 0 Å². The molecule has 166 valence electrons. The molecule has 4 aromatic carbocycles. The van der Waals surface area contributed by atoms with Crippen LogP contribution >= 0.6 is 11.3 Å². The third-order valence-corrected chi connectivity index (χ3v) is 8.62. The van der Waals surface area contributed by atoms with E-state index in [2.05, 4.69) is 19.6 Å². The molecule has 0 spiro atoms. The second-order valence-electron chi connectivity index (χ2n) is 7.14. The number of benzene rings is 4. The van der Waals surface area contributed by atoms with Crippen LogP contribution in [0.1, 0.15) is 0 Å². The van der Waals surface area contributed by atoms with Gasteiger partial charge < -0.3 is 0 Å². The molecule has 0 atom stereocenters. The standard InChI is InChI=1S/C22H16N4O4S3/c27-32(28,19-11-9-15-5-1-3-7-17(15)13-19)25-21-23-24-22(31-21)26-33(29,30)20-12-10-16-6-2-4-8-18(16)14-20/h1-14H,(H,23,25)(H,24,26). The van der Waals surface area contributed by atoms with Gasteiger partial charge in [-0.1, -0.05) is 72.0 Å². The Morgan fingerprint density at radius 1 is 0.545 bits per heavy atom. The number of anilines is 2. The van der Waals surface area contributed by atoms with Crippen LogP contribution in [0.2, 0.25) is 0 Å². The zero-order valence-electron chi connectivity index (χ0n) is 16.8. The lowest BCUT2D eigenvalue weighted by Gasteiger charge is -2.07. The second-order valence-corrected chi connectivity index (χ2v) is 11.5. The van der Waals surface area contributed by atoms with E-state index in [-0.39, 0.29) is 20.1 Å². The van der Waals surface area contributed by atoms with Crippen LogP contribution in [-0.2, 0) is 20.0 Å². The average molecular weight is 497 g/mol. The van der Waals surface area contributed by atoms with E-state index in [9.17, 15) is 16.8 Å². The first kappa shape index (κ1) is 21.3. The summed E-state index contributed by atoms with van der Waals surface area (Å²) in [6.45, 7) is 0. The van der Waals surface area contributed by atoms with Gasteiger partial charge >= 0.3 is 0 Å². The van der Waals surface area contributed by atoms with Crippen molar-refractivity contribution in [2.45, 2.75) is 9.79 Å². The van der Waals surface area contributed by atoms with E-state index in [1.165, 1.54) is 12.1 Å². The summed E-state index contributed by atoms with van der Waals surface area (Å²) in [5.74, 6) is 0. The minimum absolute atomic E-state index is 0.0561. The highest BCUT2D eigenvalue weighted by Gasteiger charge is 2.20. The van der Waals surface area contributed by atoms with Crippen molar-refractivity contribution < 1.29 is 16.8 Å². The van der Waals surface area contributed by atoms with Crippen LogP contribution in [0, 0.1) is 0 Å². The lowest BCUT2D eigenvalue weighted by Crippen LogP contribution is -2.12. The van der Waals surface area contributed by atoms with Gasteiger partial charge in [0.05, 0.1) is 9.79 Å². The molecule has 5 aromatic rings. The van der Waals surface area contributed by atoms with Crippen LogP contribution in [0.5, 0.6) is 0 Å². The topological polar surface area (TPSA) is 118 Å². The highest BCUT2D eigenvalue weighted by atomic mass is 32.2. The molecule has 2 N–H and O–H groups in total. The number of hydrogen-bond acceptors (Lipinski definition) is 7. The fourth-order valence-corrected chi connectivity index (χ4v) is 6.50. The average Bonchev–Trinajstić information content (AvgIpc) is 3.23. The van der Waals surface area contributed by atoms with Crippen LogP contribution in [0.15, 0.2) is 94.7 Å². The molecule has 0 radical (unpaired) electrons. The van der Waals surface area contributed by atoms with Crippen LogP contribution in [0.4, 0.5) is 10.3 Å². The Bertz CT molecular complexity index is 1590. The van der Waals surface area contributed by atoms with E-state index >= 15 is 0 Å². The highest BCUT2D eigenvalue weighted by Crippen LogP contribution is 2.27. The predicted molar refractivity (Wildman–Crippen MR) is 129 cm³/mol. The molecule has 1 aromatic heterocycles. The Hall–Kier alpha value is -3.54. The first-order valence-corrected chi connectivity index (χ1v) is 13.5. The van der Waals surface area contributed by atoms with Gasteiger partial charge in [0, 0.05) is 0 Å². The fourth-order valence-electron chi connectivity index (χ4n) is 3.32. The smallest absolute Gasteiger partial charge is 0.253 e. The van der Waals surface area contributed by atoms with Gasteiger partial charge in [-0.25, -0.2) is 16.8 Å². The highest BCUT2D eigenvalue weighted by molar-refractivity contribution is 7.93. The molecule has 0 fully saturated rings. The summed E-state index contributed by atoms with van der Waals surface area (Å²) in [5, 5.41) is 10.8. The van der Waals surface area contributed by atoms with Crippen molar-refractivity contribution >= 4 is 63.2 Å². The Labute approximate surface area is 194 Å². The van der Waals surface area contributed by atoms with Gasteiger partial charge in [-0.05, 0) is 45.8 Å². The molecule has 0 aliphatic heterocycles. The molecule has 33 heavy (non-hydrogen) atoms. The molecule has 0 saturated carbocycles. The molecule has 0 amide bonds. The monoisotopic (exact) mass is 496 g/mol. The minimum Gasteiger partial charge on any atom is -0.253 e. The normalized spacial score (nSPS) is 12.1. The van der Waals surface area contributed by atoms with Crippen molar-refractivity contribution in [2.75, 3.05) is 9.44 Å². The maximum absolute atomic E-state index is 12.8. The van der Waals surface area contributed by atoms with Crippen molar-refractivity contribution in [1.29, 1.82) is 0 Å². The number of nitrogens with zero attached hydrogens (tertiary/aromatic N) is 2. The molecule has 0 aliphatic rings. The lowest BCUT2D eigenvalue weighted by atomic mass is 10.1. The fraction of sp³-hybridized carbons (Fsp3) is 0. The van der Waals surface area contributed by atoms with Gasteiger partial charge in [-0.2, -0.15) is 0 Å². The van der Waals surface area contributed by atoms with E-state index < -0.39 is 20.0 Å². The van der Waals surface area contributed by atoms with Gasteiger partial charge in [0.15, 0.2) is 0 Å². The van der Waals surface area contributed by atoms with Crippen LogP contribution in [-0.4, -0.2) is 27.0 Å². The number of sulfonamides is 2. The van der Waals surface area contributed by atoms with Crippen molar-refractivity contribution in [3.05, 3.63) is 84.9 Å². The molecular formula is C22H16N4O4S3. The Morgan fingerprint density at radius 3 is 1.36 bits per heavy atom. The summed E-state index contributed by atoms with van der Waals surface area (Å²) in [6, 6.07) is 24.3. The lowest BCUT2D eigenvalue weighted by molar-refractivity contribution is 0.599. The maximum Gasteiger partial charge on any atom is 0.263 e. The summed E-state index contributed by atoms with van der Waals surface area (Å²) >= 11 is 0.780. The van der Waals surface area contributed by atoms with Crippen LogP contribution in [0.25, 0.3) is 21.5 Å². The first-order chi connectivity index (χ1) is 15.8. The van der Waals surface area contributed by atoms with Gasteiger partial charge in [0.25, 0.3) is 20.0 Å². The van der Waals surface area contributed by atoms with Gasteiger partial charge in [-0.3, -0.25) is 9.44 Å². The summed E-state index contributed by atoms with van der Waals surface area (Å²) < 4.78 is 55.8. The number of hydrogen-bond donors (Lipinski definition) is 2. The molecule has 8 nitrogen and oxygen atoms in total. The summed E-state index contributed by atoms with van der Waals surface area (Å²) in [7, 11) is -7.86. The van der Waals surface area contributed by atoms with Crippen molar-refractivity contribution in [3.8, 4) is 0 Å². The molecule has 0 saturated heterocycles. The molecule has 0 unspecified atom stereocenters. The van der Waals surface area contributed by atoms with Crippen molar-refractivity contribution in [3.63, 3.8) is 0 Å². The Kier molecular flexibility index (Phi) is 5.23. The summed E-state index contributed by atoms with van der Waals surface area (Å²) in [5.41, 5.74) is 0. The number of fused-ring (bicyclic) bond motifs is 2.